The van der Waals surface area contributed by atoms with Gasteiger partial charge in [0.2, 0.25) is 0 Å². The highest BCUT2D eigenvalue weighted by atomic mass is 16.5. The van der Waals surface area contributed by atoms with Gasteiger partial charge in [-0.1, -0.05) is 12.1 Å². The molecule has 1 aromatic carbocycles. The van der Waals surface area contributed by atoms with Crippen LogP contribution in [0.25, 0.3) is 0 Å². The smallest absolute Gasteiger partial charge is 0.258 e. The third-order valence-electron chi connectivity index (χ3n) is 3.36. The van der Waals surface area contributed by atoms with Gasteiger partial charge in [-0.15, -0.1) is 0 Å². The van der Waals surface area contributed by atoms with Gasteiger partial charge in [-0.25, -0.2) is 0 Å². The highest BCUT2D eigenvalue weighted by molar-refractivity contribution is 5.77. The summed E-state index contributed by atoms with van der Waals surface area (Å²) in [5, 5.41) is 2.84. The van der Waals surface area contributed by atoms with Gasteiger partial charge in [0.15, 0.2) is 18.1 Å². The molecule has 0 spiro atoms. The van der Waals surface area contributed by atoms with Crippen molar-refractivity contribution in [2.24, 2.45) is 0 Å². The summed E-state index contributed by atoms with van der Waals surface area (Å²) in [7, 11) is 4.10. The minimum atomic E-state index is -0.210. The van der Waals surface area contributed by atoms with E-state index in [1.165, 1.54) is 4.90 Å². The number of carbonyl (C=O) groups excluding carboxylic acids is 1. The lowest BCUT2D eigenvalue weighted by molar-refractivity contribution is -0.856. The molecule has 1 heterocycles. The van der Waals surface area contributed by atoms with E-state index in [1.54, 1.807) is 0 Å². The van der Waals surface area contributed by atoms with Crippen molar-refractivity contribution in [3.05, 3.63) is 23.8 Å². The number of likely N-dealkylation sites (N-methyl/N-ethyl adjacent to an activating group) is 1. The van der Waals surface area contributed by atoms with Gasteiger partial charge in [-0.3, -0.25) is 4.79 Å². The number of quaternary nitrogens is 1. The van der Waals surface area contributed by atoms with Crippen LogP contribution in [0.2, 0.25) is 0 Å². The minimum absolute atomic E-state index is 0.0169. The standard InChI is InChI=1S/C16H24N2O3/c1-16(2)10-12-6-5-7-13(15(12)21-16)20-11-14(19)17-8-9-18(3)4/h5-7H,8-11H2,1-4H3,(H,17,19)/p+1. The maximum atomic E-state index is 11.7. The lowest BCUT2D eigenvalue weighted by Crippen LogP contribution is -3.06. The molecule has 0 saturated carbocycles. The highest BCUT2D eigenvalue weighted by Crippen LogP contribution is 2.41. The fourth-order valence-electron chi connectivity index (χ4n) is 2.35. The van der Waals surface area contributed by atoms with Crippen molar-refractivity contribution >= 4 is 5.91 Å². The lowest BCUT2D eigenvalue weighted by atomic mass is 10.0. The van der Waals surface area contributed by atoms with Crippen LogP contribution in [0.15, 0.2) is 18.2 Å². The zero-order chi connectivity index (χ0) is 15.5. The third-order valence-corrected chi connectivity index (χ3v) is 3.36. The summed E-state index contributed by atoms with van der Waals surface area (Å²) in [6, 6.07) is 5.82. The number of hydrogen-bond acceptors (Lipinski definition) is 3. The predicted molar refractivity (Wildman–Crippen MR) is 81.0 cm³/mol. The minimum Gasteiger partial charge on any atom is -0.483 e. The molecule has 0 saturated heterocycles. The molecule has 1 aliphatic heterocycles. The summed E-state index contributed by atoms with van der Waals surface area (Å²) < 4.78 is 11.5. The molecule has 0 atom stereocenters. The molecule has 0 unspecified atom stereocenters. The Kier molecular flexibility index (Phi) is 4.73. The van der Waals surface area contributed by atoms with Crippen LogP contribution in [0.3, 0.4) is 0 Å². The summed E-state index contributed by atoms with van der Waals surface area (Å²) in [4.78, 5) is 13.0. The first-order valence-corrected chi connectivity index (χ1v) is 7.37. The number of fused-ring (bicyclic) bond motifs is 1. The van der Waals surface area contributed by atoms with Gasteiger partial charge in [-0.05, 0) is 19.9 Å². The Hall–Kier alpha value is -1.75. The van der Waals surface area contributed by atoms with Crippen LogP contribution in [0.4, 0.5) is 0 Å². The molecule has 1 aliphatic rings. The van der Waals surface area contributed by atoms with Crippen LogP contribution >= 0.6 is 0 Å². The number of hydrogen-bond donors (Lipinski definition) is 2. The normalized spacial score (nSPS) is 15.5. The average molecular weight is 293 g/mol. The Balaban J connectivity index is 1.88. The Morgan fingerprint density at radius 3 is 2.90 bits per heavy atom. The van der Waals surface area contributed by atoms with E-state index in [0.717, 1.165) is 24.3 Å². The fourth-order valence-corrected chi connectivity index (χ4v) is 2.35. The Labute approximate surface area is 126 Å². The maximum Gasteiger partial charge on any atom is 0.258 e. The molecule has 0 radical (unpaired) electrons. The van der Waals surface area contributed by atoms with Crippen molar-refractivity contribution < 1.29 is 19.2 Å². The van der Waals surface area contributed by atoms with E-state index in [-0.39, 0.29) is 18.1 Å². The van der Waals surface area contributed by atoms with Gasteiger partial charge in [0.25, 0.3) is 5.91 Å². The van der Waals surface area contributed by atoms with Crippen molar-refractivity contribution in [3.8, 4) is 11.5 Å². The van der Waals surface area contributed by atoms with Crippen LogP contribution in [0.1, 0.15) is 19.4 Å². The molecule has 0 bridgehead atoms. The Morgan fingerprint density at radius 1 is 1.43 bits per heavy atom. The monoisotopic (exact) mass is 293 g/mol. The molecule has 1 aromatic rings. The molecule has 1 amide bonds. The van der Waals surface area contributed by atoms with Crippen LogP contribution in [-0.4, -0.2) is 45.3 Å². The molecule has 0 fully saturated rings. The van der Waals surface area contributed by atoms with Gasteiger partial charge in [0.1, 0.15) is 5.60 Å². The summed E-state index contributed by atoms with van der Waals surface area (Å²) in [5.41, 5.74) is 0.924. The van der Waals surface area contributed by atoms with E-state index in [4.69, 9.17) is 9.47 Å². The van der Waals surface area contributed by atoms with E-state index < -0.39 is 0 Å². The molecule has 0 aromatic heterocycles. The second kappa shape index (κ2) is 6.35. The van der Waals surface area contributed by atoms with Gasteiger partial charge in [0, 0.05) is 12.0 Å². The lowest BCUT2D eigenvalue weighted by Gasteiger charge is -2.18. The number of benzene rings is 1. The zero-order valence-electron chi connectivity index (χ0n) is 13.3. The van der Waals surface area contributed by atoms with Crippen molar-refractivity contribution in [1.29, 1.82) is 0 Å². The van der Waals surface area contributed by atoms with Gasteiger partial charge < -0.3 is 19.7 Å². The van der Waals surface area contributed by atoms with Crippen molar-refractivity contribution in [2.45, 2.75) is 25.9 Å². The van der Waals surface area contributed by atoms with E-state index in [1.807, 2.05) is 32.0 Å². The first-order valence-electron chi connectivity index (χ1n) is 7.37. The molecule has 116 valence electrons. The van der Waals surface area contributed by atoms with Crippen LogP contribution in [-0.2, 0) is 11.2 Å². The van der Waals surface area contributed by atoms with Crippen molar-refractivity contribution in [2.75, 3.05) is 33.8 Å². The first kappa shape index (κ1) is 15.6. The Bertz CT molecular complexity index is 512. The summed E-state index contributed by atoms with van der Waals surface area (Å²) >= 11 is 0. The zero-order valence-corrected chi connectivity index (χ0v) is 13.3. The van der Waals surface area contributed by atoms with Gasteiger partial charge in [0.05, 0.1) is 27.2 Å². The Morgan fingerprint density at radius 2 is 2.19 bits per heavy atom. The molecule has 5 nitrogen and oxygen atoms in total. The summed E-state index contributed by atoms with van der Waals surface area (Å²) in [6.07, 6.45) is 0.858. The summed E-state index contributed by atoms with van der Waals surface area (Å²) in [6.45, 7) is 5.66. The predicted octanol–water partition coefficient (Wildman–Crippen LogP) is 0.0396. The number of ether oxygens (including phenoxy) is 2. The SMILES string of the molecule is C[NH+](C)CCNC(=O)COc1cccc2c1OC(C)(C)C2. The topological polar surface area (TPSA) is 52.0 Å². The second-order valence-electron chi connectivity index (χ2n) is 6.38. The second-order valence-corrected chi connectivity index (χ2v) is 6.38. The molecule has 0 aliphatic carbocycles. The summed E-state index contributed by atoms with van der Waals surface area (Å²) in [5.74, 6) is 1.31. The van der Waals surface area contributed by atoms with Crippen LogP contribution < -0.4 is 19.7 Å². The number of amides is 1. The number of para-hydroxylation sites is 1. The molecule has 21 heavy (non-hydrogen) atoms. The first-order chi connectivity index (χ1) is 9.87. The molecule has 2 N–H and O–H groups in total. The molecular weight excluding hydrogens is 268 g/mol. The largest absolute Gasteiger partial charge is 0.483 e. The van der Waals surface area contributed by atoms with E-state index in [2.05, 4.69) is 19.4 Å². The third kappa shape index (κ3) is 4.36. The van der Waals surface area contributed by atoms with E-state index in [9.17, 15) is 4.79 Å². The number of carbonyl (C=O) groups is 1. The quantitative estimate of drug-likeness (QED) is 0.779. The van der Waals surface area contributed by atoms with E-state index >= 15 is 0 Å². The molecule has 5 heteroatoms. The molecular formula is C16H25N2O3+. The average Bonchev–Trinajstić information content (AvgIpc) is 2.70. The van der Waals surface area contributed by atoms with Crippen LogP contribution in [0.5, 0.6) is 11.5 Å². The van der Waals surface area contributed by atoms with Gasteiger partial charge >= 0.3 is 0 Å². The number of nitrogens with one attached hydrogen (secondary N) is 2. The fraction of sp³-hybridized carbons (Fsp3) is 0.562. The maximum absolute atomic E-state index is 11.7. The van der Waals surface area contributed by atoms with Crippen molar-refractivity contribution in [3.63, 3.8) is 0 Å². The highest BCUT2D eigenvalue weighted by Gasteiger charge is 2.32. The van der Waals surface area contributed by atoms with Crippen LogP contribution in [0, 0.1) is 0 Å². The number of rotatable bonds is 6. The van der Waals surface area contributed by atoms with Crippen molar-refractivity contribution in [1.82, 2.24) is 5.32 Å². The van der Waals surface area contributed by atoms with Gasteiger partial charge in [-0.2, -0.15) is 0 Å². The van der Waals surface area contributed by atoms with E-state index in [0.29, 0.717) is 12.3 Å². The molecule has 2 rings (SSSR count).